The summed E-state index contributed by atoms with van der Waals surface area (Å²) in [6.07, 6.45) is 1.04. The first-order chi connectivity index (χ1) is 11.6. The number of carboxylic acid groups (broad SMARTS) is 1. The van der Waals surface area contributed by atoms with Gasteiger partial charge in [-0.15, -0.1) is 0 Å². The molecule has 1 N–H and O–H groups in total. The molecule has 1 aliphatic rings. The molecule has 1 aliphatic heterocycles. The van der Waals surface area contributed by atoms with E-state index in [1.165, 1.54) is 11.1 Å². The summed E-state index contributed by atoms with van der Waals surface area (Å²) in [4.78, 5) is 17.9. The van der Waals surface area contributed by atoms with Crippen molar-refractivity contribution in [2.75, 3.05) is 11.4 Å². The standard InChI is InChI=1S/C19H19N3O2/c1-13-20-17-10-16(6-7-18(17)22(13)12-19(23)24)21-9-8-14-4-2-3-5-15(14)11-21/h2-7,10H,8-9,11-12H2,1H3,(H,23,24). The van der Waals surface area contributed by atoms with Gasteiger partial charge >= 0.3 is 5.97 Å². The van der Waals surface area contributed by atoms with E-state index in [-0.39, 0.29) is 6.54 Å². The summed E-state index contributed by atoms with van der Waals surface area (Å²) in [5.74, 6) is -0.123. The first-order valence-corrected chi connectivity index (χ1v) is 8.12. The molecule has 1 aromatic heterocycles. The van der Waals surface area contributed by atoms with Crippen LogP contribution in [0, 0.1) is 6.92 Å². The fourth-order valence-corrected chi connectivity index (χ4v) is 3.49. The first kappa shape index (κ1) is 14.8. The Morgan fingerprint density at radius 1 is 1.21 bits per heavy atom. The molecule has 0 spiro atoms. The van der Waals surface area contributed by atoms with Gasteiger partial charge in [-0.2, -0.15) is 0 Å². The zero-order chi connectivity index (χ0) is 16.7. The van der Waals surface area contributed by atoms with E-state index in [9.17, 15) is 4.79 Å². The first-order valence-electron chi connectivity index (χ1n) is 8.12. The fourth-order valence-electron chi connectivity index (χ4n) is 3.49. The quantitative estimate of drug-likeness (QED) is 0.806. The highest BCUT2D eigenvalue weighted by Gasteiger charge is 2.17. The minimum Gasteiger partial charge on any atom is -0.480 e. The average Bonchev–Trinajstić information content (AvgIpc) is 2.89. The number of nitrogens with zero attached hydrogens (tertiary/aromatic N) is 3. The molecule has 0 atom stereocenters. The molecule has 24 heavy (non-hydrogen) atoms. The van der Waals surface area contributed by atoms with Gasteiger partial charge in [-0.3, -0.25) is 4.79 Å². The molecule has 0 unspecified atom stereocenters. The lowest BCUT2D eigenvalue weighted by Crippen LogP contribution is -2.30. The van der Waals surface area contributed by atoms with E-state index in [1.807, 2.05) is 13.0 Å². The molecule has 4 rings (SSSR count). The van der Waals surface area contributed by atoms with Crippen molar-refractivity contribution < 1.29 is 9.90 Å². The molecule has 2 heterocycles. The highest BCUT2D eigenvalue weighted by molar-refractivity contribution is 5.82. The monoisotopic (exact) mass is 321 g/mol. The third-order valence-corrected chi connectivity index (χ3v) is 4.71. The smallest absolute Gasteiger partial charge is 0.323 e. The average molecular weight is 321 g/mol. The summed E-state index contributed by atoms with van der Waals surface area (Å²) in [7, 11) is 0. The Balaban J connectivity index is 1.68. The lowest BCUT2D eigenvalue weighted by Gasteiger charge is -2.30. The number of carboxylic acids is 1. The van der Waals surface area contributed by atoms with Crippen LogP contribution < -0.4 is 4.90 Å². The van der Waals surface area contributed by atoms with E-state index in [1.54, 1.807) is 4.57 Å². The Morgan fingerprint density at radius 2 is 2.00 bits per heavy atom. The van der Waals surface area contributed by atoms with Crippen LogP contribution in [0.1, 0.15) is 17.0 Å². The normalized spacial score (nSPS) is 14.0. The number of rotatable bonds is 3. The second kappa shape index (κ2) is 5.67. The van der Waals surface area contributed by atoms with Gasteiger partial charge in [0.15, 0.2) is 0 Å². The van der Waals surface area contributed by atoms with Crippen molar-refractivity contribution in [3.05, 3.63) is 59.4 Å². The number of aromatic nitrogens is 2. The molecule has 0 aliphatic carbocycles. The van der Waals surface area contributed by atoms with Crippen LogP contribution in [0.4, 0.5) is 5.69 Å². The lowest BCUT2D eigenvalue weighted by molar-refractivity contribution is -0.137. The number of aliphatic carboxylic acids is 1. The molecule has 122 valence electrons. The van der Waals surface area contributed by atoms with Crippen LogP contribution in [-0.4, -0.2) is 27.2 Å². The Morgan fingerprint density at radius 3 is 2.79 bits per heavy atom. The van der Waals surface area contributed by atoms with Crippen LogP contribution in [0.5, 0.6) is 0 Å². The van der Waals surface area contributed by atoms with Gasteiger partial charge in [0.05, 0.1) is 11.0 Å². The highest BCUT2D eigenvalue weighted by Crippen LogP contribution is 2.27. The van der Waals surface area contributed by atoms with E-state index in [0.29, 0.717) is 0 Å². The van der Waals surface area contributed by atoms with Crippen molar-refractivity contribution in [1.29, 1.82) is 0 Å². The van der Waals surface area contributed by atoms with Gasteiger partial charge in [0.25, 0.3) is 0 Å². The fraction of sp³-hybridized carbons (Fsp3) is 0.263. The van der Waals surface area contributed by atoms with Crippen LogP contribution >= 0.6 is 0 Å². The second-order valence-corrected chi connectivity index (χ2v) is 6.25. The van der Waals surface area contributed by atoms with Crippen LogP contribution in [0.3, 0.4) is 0 Å². The van der Waals surface area contributed by atoms with Gasteiger partial charge in [-0.1, -0.05) is 24.3 Å². The topological polar surface area (TPSA) is 58.4 Å². The maximum Gasteiger partial charge on any atom is 0.323 e. The number of anilines is 1. The van der Waals surface area contributed by atoms with Crippen LogP contribution in [0.25, 0.3) is 11.0 Å². The third kappa shape index (κ3) is 2.52. The Hall–Kier alpha value is -2.82. The van der Waals surface area contributed by atoms with E-state index >= 15 is 0 Å². The SMILES string of the molecule is Cc1nc2cc(N3CCc4ccccc4C3)ccc2n1CC(=O)O. The number of imidazole rings is 1. The number of carbonyl (C=O) groups is 1. The summed E-state index contributed by atoms with van der Waals surface area (Å²) < 4.78 is 1.74. The second-order valence-electron chi connectivity index (χ2n) is 6.25. The summed E-state index contributed by atoms with van der Waals surface area (Å²) in [5, 5.41) is 9.06. The van der Waals surface area contributed by atoms with Crippen molar-refractivity contribution in [2.45, 2.75) is 26.4 Å². The Bertz CT molecular complexity index is 930. The third-order valence-electron chi connectivity index (χ3n) is 4.71. The van der Waals surface area contributed by atoms with E-state index in [0.717, 1.165) is 42.1 Å². The summed E-state index contributed by atoms with van der Waals surface area (Å²) in [6.45, 7) is 3.67. The van der Waals surface area contributed by atoms with Crippen molar-refractivity contribution in [2.24, 2.45) is 0 Å². The van der Waals surface area contributed by atoms with E-state index < -0.39 is 5.97 Å². The van der Waals surface area contributed by atoms with Crippen molar-refractivity contribution in [1.82, 2.24) is 9.55 Å². The van der Waals surface area contributed by atoms with Crippen molar-refractivity contribution >= 4 is 22.7 Å². The van der Waals surface area contributed by atoms with E-state index in [2.05, 4.69) is 46.3 Å². The summed E-state index contributed by atoms with van der Waals surface area (Å²) in [6, 6.07) is 14.7. The Kier molecular flexibility index (Phi) is 3.49. The molecular formula is C19H19N3O2. The lowest BCUT2D eigenvalue weighted by atomic mass is 9.99. The number of aryl methyl sites for hydroxylation is 1. The van der Waals surface area contributed by atoms with Crippen LogP contribution in [-0.2, 0) is 24.3 Å². The molecule has 0 saturated heterocycles. The van der Waals surface area contributed by atoms with Gasteiger partial charge < -0.3 is 14.6 Å². The minimum atomic E-state index is -0.853. The molecule has 3 aromatic rings. The zero-order valence-electron chi connectivity index (χ0n) is 13.6. The van der Waals surface area contributed by atoms with Crippen molar-refractivity contribution in [3.8, 4) is 0 Å². The van der Waals surface area contributed by atoms with Gasteiger partial charge in [0, 0.05) is 18.8 Å². The molecule has 5 heteroatoms. The predicted molar refractivity (Wildman–Crippen MR) is 93.3 cm³/mol. The Labute approximate surface area is 140 Å². The molecule has 0 amide bonds. The molecule has 0 fully saturated rings. The van der Waals surface area contributed by atoms with Gasteiger partial charge in [0.1, 0.15) is 12.4 Å². The maximum absolute atomic E-state index is 11.0. The summed E-state index contributed by atoms with van der Waals surface area (Å²) in [5.41, 5.74) is 5.66. The summed E-state index contributed by atoms with van der Waals surface area (Å²) >= 11 is 0. The van der Waals surface area contributed by atoms with E-state index in [4.69, 9.17) is 5.11 Å². The number of benzene rings is 2. The minimum absolute atomic E-state index is 0.0568. The van der Waals surface area contributed by atoms with Crippen molar-refractivity contribution in [3.63, 3.8) is 0 Å². The highest BCUT2D eigenvalue weighted by atomic mass is 16.4. The molecule has 0 bridgehead atoms. The van der Waals surface area contributed by atoms with Gasteiger partial charge in [0.2, 0.25) is 0 Å². The maximum atomic E-state index is 11.0. The predicted octanol–water partition coefficient (Wildman–Crippen LogP) is 2.99. The molecule has 5 nitrogen and oxygen atoms in total. The zero-order valence-corrected chi connectivity index (χ0v) is 13.6. The van der Waals surface area contributed by atoms with Crippen LogP contribution in [0.15, 0.2) is 42.5 Å². The molecular weight excluding hydrogens is 302 g/mol. The molecule has 0 saturated carbocycles. The number of fused-ring (bicyclic) bond motifs is 2. The van der Waals surface area contributed by atoms with Crippen LogP contribution in [0.2, 0.25) is 0 Å². The largest absolute Gasteiger partial charge is 0.480 e. The van der Waals surface area contributed by atoms with Gasteiger partial charge in [-0.05, 0) is 42.7 Å². The number of hydrogen-bond acceptors (Lipinski definition) is 3. The number of hydrogen-bond donors (Lipinski definition) is 1. The van der Waals surface area contributed by atoms with Gasteiger partial charge in [-0.25, -0.2) is 4.98 Å². The molecule has 2 aromatic carbocycles. The molecule has 0 radical (unpaired) electrons.